The van der Waals surface area contributed by atoms with Crippen LogP contribution < -0.4 is 10.6 Å². The Bertz CT molecular complexity index is 475. The molecule has 0 unspecified atom stereocenters. The second-order valence-electron chi connectivity index (χ2n) is 6.17. The number of hydrogen-bond acceptors (Lipinski definition) is 3. The quantitative estimate of drug-likeness (QED) is 0.371. The lowest BCUT2D eigenvalue weighted by Gasteiger charge is -2.12. The summed E-state index contributed by atoms with van der Waals surface area (Å²) in [6, 6.07) is 8.32. The van der Waals surface area contributed by atoms with Gasteiger partial charge in [0.1, 0.15) is 0 Å². The molecular weight excluding hydrogens is 302 g/mol. The van der Waals surface area contributed by atoms with Crippen molar-refractivity contribution in [2.24, 2.45) is 10.9 Å². The third-order valence-electron chi connectivity index (χ3n) is 3.44. The molecule has 5 heteroatoms. The zero-order valence-electron chi connectivity index (χ0n) is 15.6. The highest BCUT2D eigenvalue weighted by Gasteiger charge is 1.99. The van der Waals surface area contributed by atoms with Gasteiger partial charge in [0.05, 0.1) is 19.8 Å². The van der Waals surface area contributed by atoms with Crippen LogP contribution in [0, 0.1) is 5.92 Å². The molecule has 0 fully saturated rings. The summed E-state index contributed by atoms with van der Waals surface area (Å²) in [7, 11) is 1.71. The molecule has 0 aliphatic carbocycles. The van der Waals surface area contributed by atoms with E-state index in [1.807, 2.05) is 6.07 Å². The maximum atomic E-state index is 5.62. The molecular formula is C19H33N3O2. The van der Waals surface area contributed by atoms with Crippen molar-refractivity contribution in [3.05, 3.63) is 35.4 Å². The van der Waals surface area contributed by atoms with E-state index >= 15 is 0 Å². The summed E-state index contributed by atoms with van der Waals surface area (Å²) in [5.41, 5.74) is 2.34. The number of ether oxygens (including phenoxy) is 2. The molecule has 1 aromatic carbocycles. The number of nitrogens with one attached hydrogen (secondary N) is 2. The van der Waals surface area contributed by atoms with E-state index in [1.165, 1.54) is 11.1 Å². The zero-order valence-corrected chi connectivity index (χ0v) is 15.6. The molecule has 0 radical (unpaired) electrons. The summed E-state index contributed by atoms with van der Waals surface area (Å²) >= 11 is 0. The highest BCUT2D eigenvalue weighted by atomic mass is 16.5. The van der Waals surface area contributed by atoms with E-state index < -0.39 is 0 Å². The lowest BCUT2D eigenvalue weighted by molar-refractivity contribution is 0.128. The summed E-state index contributed by atoms with van der Waals surface area (Å²) in [5.74, 6) is 1.51. The second-order valence-corrected chi connectivity index (χ2v) is 6.17. The minimum Gasteiger partial charge on any atom is -0.380 e. The number of rotatable bonds is 11. The van der Waals surface area contributed by atoms with E-state index in [0.717, 1.165) is 32.1 Å². The Morgan fingerprint density at radius 3 is 2.67 bits per heavy atom. The van der Waals surface area contributed by atoms with E-state index in [2.05, 4.69) is 54.6 Å². The topological polar surface area (TPSA) is 54.9 Å². The second kappa shape index (κ2) is 12.8. The Morgan fingerprint density at radius 1 is 1.17 bits per heavy atom. The highest BCUT2D eigenvalue weighted by molar-refractivity contribution is 5.79. The van der Waals surface area contributed by atoms with Crippen LogP contribution in [-0.4, -0.2) is 39.4 Å². The van der Waals surface area contributed by atoms with Gasteiger partial charge in [0, 0.05) is 26.8 Å². The van der Waals surface area contributed by atoms with Gasteiger partial charge < -0.3 is 20.1 Å². The van der Waals surface area contributed by atoms with Crippen LogP contribution in [0.5, 0.6) is 0 Å². The lowest BCUT2D eigenvalue weighted by Crippen LogP contribution is -2.39. The Kier molecular flexibility index (Phi) is 10.9. The van der Waals surface area contributed by atoms with Crippen LogP contribution in [0.1, 0.15) is 38.3 Å². The number of methoxy groups -OCH3 is 1. The van der Waals surface area contributed by atoms with Gasteiger partial charge in [-0.05, 0) is 30.4 Å². The van der Waals surface area contributed by atoms with Gasteiger partial charge >= 0.3 is 0 Å². The van der Waals surface area contributed by atoms with Crippen LogP contribution in [0.25, 0.3) is 0 Å². The first-order valence-corrected chi connectivity index (χ1v) is 8.82. The fourth-order valence-electron chi connectivity index (χ4n) is 2.16. The minimum absolute atomic E-state index is 0.629. The SMILES string of the molecule is CCNC(=NCc1cccc(COC)c1)NCCOCCC(C)C. The van der Waals surface area contributed by atoms with Gasteiger partial charge in [-0.2, -0.15) is 0 Å². The van der Waals surface area contributed by atoms with Crippen molar-refractivity contribution in [1.29, 1.82) is 0 Å². The van der Waals surface area contributed by atoms with Crippen molar-refractivity contribution >= 4 is 5.96 Å². The predicted molar refractivity (Wildman–Crippen MR) is 100 cm³/mol. The van der Waals surface area contributed by atoms with Gasteiger partial charge in [0.25, 0.3) is 0 Å². The molecule has 0 saturated heterocycles. The maximum absolute atomic E-state index is 5.62. The summed E-state index contributed by atoms with van der Waals surface area (Å²) in [4.78, 5) is 4.63. The van der Waals surface area contributed by atoms with E-state index in [0.29, 0.717) is 25.7 Å². The fourth-order valence-corrected chi connectivity index (χ4v) is 2.16. The van der Waals surface area contributed by atoms with Crippen LogP contribution in [0.15, 0.2) is 29.3 Å². The first-order chi connectivity index (χ1) is 11.7. The number of aliphatic imine (C=N–C) groups is 1. The Morgan fingerprint density at radius 2 is 1.96 bits per heavy atom. The first kappa shape index (κ1) is 20.5. The van der Waals surface area contributed by atoms with Crippen molar-refractivity contribution in [1.82, 2.24) is 10.6 Å². The zero-order chi connectivity index (χ0) is 17.6. The molecule has 0 atom stereocenters. The smallest absolute Gasteiger partial charge is 0.191 e. The molecule has 0 aromatic heterocycles. The van der Waals surface area contributed by atoms with Crippen molar-refractivity contribution in [3.63, 3.8) is 0 Å². The first-order valence-electron chi connectivity index (χ1n) is 8.82. The highest BCUT2D eigenvalue weighted by Crippen LogP contribution is 2.07. The van der Waals surface area contributed by atoms with Gasteiger partial charge in [0.15, 0.2) is 5.96 Å². The van der Waals surface area contributed by atoms with E-state index in [4.69, 9.17) is 9.47 Å². The van der Waals surface area contributed by atoms with E-state index in [9.17, 15) is 0 Å². The molecule has 2 N–H and O–H groups in total. The van der Waals surface area contributed by atoms with Gasteiger partial charge in [-0.1, -0.05) is 38.1 Å². The van der Waals surface area contributed by atoms with Crippen LogP contribution in [-0.2, 0) is 22.6 Å². The lowest BCUT2D eigenvalue weighted by atomic mass is 10.1. The average Bonchev–Trinajstić information content (AvgIpc) is 2.56. The molecule has 136 valence electrons. The average molecular weight is 335 g/mol. The normalized spacial score (nSPS) is 11.8. The molecule has 0 aliphatic heterocycles. The number of hydrogen-bond donors (Lipinski definition) is 2. The summed E-state index contributed by atoms with van der Waals surface area (Å²) in [5, 5.41) is 6.57. The summed E-state index contributed by atoms with van der Waals surface area (Å²) < 4.78 is 10.8. The van der Waals surface area contributed by atoms with Gasteiger partial charge in [-0.3, -0.25) is 0 Å². The van der Waals surface area contributed by atoms with Crippen molar-refractivity contribution in [2.45, 2.75) is 40.3 Å². The van der Waals surface area contributed by atoms with Crippen molar-refractivity contribution < 1.29 is 9.47 Å². The molecule has 0 aliphatic rings. The van der Waals surface area contributed by atoms with Crippen LogP contribution in [0.3, 0.4) is 0 Å². The number of benzene rings is 1. The largest absolute Gasteiger partial charge is 0.380 e. The molecule has 5 nitrogen and oxygen atoms in total. The summed E-state index contributed by atoms with van der Waals surface area (Å²) in [6.07, 6.45) is 1.10. The molecule has 0 bridgehead atoms. The Balaban J connectivity index is 2.40. The van der Waals surface area contributed by atoms with Crippen LogP contribution >= 0.6 is 0 Å². The Labute approximate surface area is 146 Å². The standard InChI is InChI=1S/C19H33N3O2/c1-5-20-19(21-10-12-24-11-9-16(2)3)22-14-17-7-6-8-18(13-17)15-23-4/h6-8,13,16H,5,9-12,14-15H2,1-4H3,(H2,20,21,22). The minimum atomic E-state index is 0.629. The van der Waals surface area contributed by atoms with Crippen molar-refractivity contribution in [2.75, 3.05) is 33.4 Å². The number of nitrogens with zero attached hydrogens (tertiary/aromatic N) is 1. The van der Waals surface area contributed by atoms with Crippen LogP contribution in [0.2, 0.25) is 0 Å². The van der Waals surface area contributed by atoms with Crippen molar-refractivity contribution in [3.8, 4) is 0 Å². The molecule has 24 heavy (non-hydrogen) atoms. The maximum Gasteiger partial charge on any atom is 0.191 e. The predicted octanol–water partition coefficient (Wildman–Crippen LogP) is 2.95. The third kappa shape index (κ3) is 9.53. The molecule has 1 rings (SSSR count). The molecule has 0 spiro atoms. The van der Waals surface area contributed by atoms with Gasteiger partial charge in [0.2, 0.25) is 0 Å². The fraction of sp³-hybridized carbons (Fsp3) is 0.632. The van der Waals surface area contributed by atoms with Gasteiger partial charge in [-0.15, -0.1) is 0 Å². The molecule has 0 saturated carbocycles. The third-order valence-corrected chi connectivity index (χ3v) is 3.44. The number of guanidine groups is 1. The molecule has 0 heterocycles. The van der Waals surface area contributed by atoms with E-state index in [1.54, 1.807) is 7.11 Å². The summed E-state index contributed by atoms with van der Waals surface area (Å²) in [6.45, 7) is 10.9. The molecule has 0 amide bonds. The molecule has 1 aromatic rings. The Hall–Kier alpha value is -1.59. The monoisotopic (exact) mass is 335 g/mol. The van der Waals surface area contributed by atoms with Crippen LogP contribution in [0.4, 0.5) is 0 Å². The van der Waals surface area contributed by atoms with Gasteiger partial charge in [-0.25, -0.2) is 4.99 Å². The van der Waals surface area contributed by atoms with E-state index in [-0.39, 0.29) is 0 Å².